The van der Waals surface area contributed by atoms with Gasteiger partial charge in [-0.05, 0) is 37.3 Å². The maximum absolute atomic E-state index is 12.3. The SMILES string of the molecule is COc1ccc2cc(NC(=O)[C@H](C)n3cccc3)cnc2c1. The summed E-state index contributed by atoms with van der Waals surface area (Å²) in [5, 5.41) is 3.85. The summed E-state index contributed by atoms with van der Waals surface area (Å²) in [7, 11) is 1.62. The van der Waals surface area contributed by atoms with Crippen molar-refractivity contribution in [3.05, 3.63) is 55.0 Å². The van der Waals surface area contributed by atoms with Crippen molar-refractivity contribution >= 4 is 22.5 Å². The van der Waals surface area contributed by atoms with E-state index < -0.39 is 0 Å². The predicted molar refractivity (Wildman–Crippen MR) is 86.1 cm³/mol. The number of fused-ring (bicyclic) bond motifs is 1. The Labute approximate surface area is 128 Å². The lowest BCUT2D eigenvalue weighted by molar-refractivity contribution is -0.118. The van der Waals surface area contributed by atoms with E-state index in [1.165, 1.54) is 0 Å². The van der Waals surface area contributed by atoms with Gasteiger partial charge in [-0.1, -0.05) is 0 Å². The van der Waals surface area contributed by atoms with Gasteiger partial charge in [0.1, 0.15) is 11.8 Å². The second-order valence-electron chi connectivity index (χ2n) is 5.08. The molecule has 5 heteroatoms. The first-order valence-corrected chi connectivity index (χ1v) is 7.04. The van der Waals surface area contributed by atoms with E-state index in [0.29, 0.717) is 5.69 Å². The molecule has 1 N–H and O–H groups in total. The molecular weight excluding hydrogens is 278 g/mol. The Balaban J connectivity index is 1.80. The van der Waals surface area contributed by atoms with Crippen LogP contribution in [0.5, 0.6) is 5.75 Å². The zero-order valence-corrected chi connectivity index (χ0v) is 12.5. The van der Waals surface area contributed by atoms with Crippen LogP contribution in [0.1, 0.15) is 13.0 Å². The molecule has 112 valence electrons. The molecule has 0 aliphatic heterocycles. The Morgan fingerprint density at radius 2 is 2.05 bits per heavy atom. The van der Waals surface area contributed by atoms with E-state index in [1.54, 1.807) is 13.3 Å². The summed E-state index contributed by atoms with van der Waals surface area (Å²) in [4.78, 5) is 16.6. The molecule has 1 amide bonds. The molecule has 0 fully saturated rings. The fraction of sp³-hybridized carbons (Fsp3) is 0.176. The first-order chi connectivity index (χ1) is 10.7. The molecule has 0 unspecified atom stereocenters. The number of amides is 1. The molecule has 0 saturated carbocycles. The number of aromatic nitrogens is 2. The lowest BCUT2D eigenvalue weighted by Gasteiger charge is -2.14. The number of carbonyl (C=O) groups excluding carboxylic acids is 1. The molecule has 0 aliphatic rings. The van der Waals surface area contributed by atoms with E-state index in [2.05, 4.69) is 10.3 Å². The van der Waals surface area contributed by atoms with E-state index in [1.807, 2.05) is 60.3 Å². The molecule has 22 heavy (non-hydrogen) atoms. The van der Waals surface area contributed by atoms with E-state index in [-0.39, 0.29) is 11.9 Å². The van der Waals surface area contributed by atoms with Crippen molar-refractivity contribution in [2.24, 2.45) is 0 Å². The minimum absolute atomic E-state index is 0.0779. The molecule has 0 bridgehead atoms. The number of hydrogen-bond acceptors (Lipinski definition) is 3. The maximum Gasteiger partial charge on any atom is 0.247 e. The van der Waals surface area contributed by atoms with Crippen LogP contribution in [0.4, 0.5) is 5.69 Å². The van der Waals surface area contributed by atoms with Gasteiger partial charge in [-0.3, -0.25) is 9.78 Å². The van der Waals surface area contributed by atoms with Crippen LogP contribution in [0.25, 0.3) is 10.9 Å². The topological polar surface area (TPSA) is 56.1 Å². The third-order valence-electron chi connectivity index (χ3n) is 3.61. The molecule has 0 aliphatic carbocycles. The van der Waals surface area contributed by atoms with Crippen molar-refractivity contribution in [1.82, 2.24) is 9.55 Å². The average molecular weight is 295 g/mol. The van der Waals surface area contributed by atoms with Gasteiger partial charge in [-0.2, -0.15) is 0 Å². The van der Waals surface area contributed by atoms with Gasteiger partial charge in [-0.15, -0.1) is 0 Å². The van der Waals surface area contributed by atoms with Gasteiger partial charge in [-0.25, -0.2) is 0 Å². The lowest BCUT2D eigenvalue weighted by Crippen LogP contribution is -2.22. The van der Waals surface area contributed by atoms with Crippen molar-refractivity contribution in [1.29, 1.82) is 0 Å². The van der Waals surface area contributed by atoms with Crippen LogP contribution in [0.15, 0.2) is 55.0 Å². The van der Waals surface area contributed by atoms with Crippen LogP contribution in [-0.4, -0.2) is 22.6 Å². The van der Waals surface area contributed by atoms with Crippen LogP contribution < -0.4 is 10.1 Å². The number of pyridine rings is 1. The van der Waals surface area contributed by atoms with Crippen molar-refractivity contribution in [2.75, 3.05) is 12.4 Å². The zero-order chi connectivity index (χ0) is 15.5. The highest BCUT2D eigenvalue weighted by Gasteiger charge is 2.14. The highest BCUT2D eigenvalue weighted by atomic mass is 16.5. The smallest absolute Gasteiger partial charge is 0.247 e. The first kappa shape index (κ1) is 14.1. The number of benzene rings is 1. The van der Waals surface area contributed by atoms with E-state index in [4.69, 9.17) is 4.74 Å². The van der Waals surface area contributed by atoms with Gasteiger partial charge in [0.2, 0.25) is 5.91 Å². The summed E-state index contributed by atoms with van der Waals surface area (Å²) in [6, 6.07) is 11.1. The van der Waals surface area contributed by atoms with Gasteiger partial charge in [0.05, 0.1) is 24.5 Å². The number of ether oxygens (including phenoxy) is 1. The van der Waals surface area contributed by atoms with Crippen LogP contribution in [-0.2, 0) is 4.79 Å². The Morgan fingerprint density at radius 3 is 2.77 bits per heavy atom. The molecule has 3 rings (SSSR count). The quantitative estimate of drug-likeness (QED) is 0.804. The van der Waals surface area contributed by atoms with Crippen molar-refractivity contribution in [3.8, 4) is 5.75 Å². The number of nitrogens with one attached hydrogen (secondary N) is 1. The van der Waals surface area contributed by atoms with Gasteiger partial charge < -0.3 is 14.6 Å². The summed E-state index contributed by atoms with van der Waals surface area (Å²) in [6.07, 6.45) is 5.40. The summed E-state index contributed by atoms with van der Waals surface area (Å²) >= 11 is 0. The van der Waals surface area contributed by atoms with Crippen LogP contribution in [0, 0.1) is 0 Å². The van der Waals surface area contributed by atoms with Crippen LogP contribution in [0.3, 0.4) is 0 Å². The number of hydrogen-bond donors (Lipinski definition) is 1. The summed E-state index contributed by atoms with van der Waals surface area (Å²) in [5.41, 5.74) is 1.51. The average Bonchev–Trinajstić information content (AvgIpc) is 3.08. The molecule has 0 radical (unpaired) electrons. The molecular formula is C17H17N3O2. The Hall–Kier alpha value is -2.82. The Bertz CT molecular complexity index is 797. The second-order valence-corrected chi connectivity index (χ2v) is 5.08. The standard InChI is InChI=1S/C17H17N3O2/c1-12(20-7-3-4-8-20)17(21)19-14-9-13-5-6-15(22-2)10-16(13)18-11-14/h3-12H,1-2H3,(H,19,21)/t12-/m0/s1. The molecule has 2 aromatic heterocycles. The summed E-state index contributed by atoms with van der Waals surface area (Å²) in [5.74, 6) is 0.684. The van der Waals surface area contributed by atoms with E-state index >= 15 is 0 Å². The lowest BCUT2D eigenvalue weighted by atomic mass is 10.2. The molecule has 0 saturated heterocycles. The summed E-state index contributed by atoms with van der Waals surface area (Å²) in [6.45, 7) is 1.86. The molecule has 1 atom stereocenters. The number of nitrogens with zero attached hydrogens (tertiary/aromatic N) is 2. The fourth-order valence-electron chi connectivity index (χ4n) is 2.28. The van der Waals surface area contributed by atoms with Crippen molar-refractivity contribution in [2.45, 2.75) is 13.0 Å². The summed E-state index contributed by atoms with van der Waals surface area (Å²) < 4.78 is 7.03. The Kier molecular flexibility index (Phi) is 3.78. The van der Waals surface area contributed by atoms with Crippen molar-refractivity contribution in [3.63, 3.8) is 0 Å². The van der Waals surface area contributed by atoms with Gasteiger partial charge in [0.15, 0.2) is 0 Å². The largest absolute Gasteiger partial charge is 0.497 e. The third-order valence-corrected chi connectivity index (χ3v) is 3.61. The number of methoxy groups -OCH3 is 1. The predicted octanol–water partition coefficient (Wildman–Crippen LogP) is 3.24. The monoisotopic (exact) mass is 295 g/mol. The third kappa shape index (κ3) is 2.79. The second kappa shape index (κ2) is 5.89. The minimum atomic E-state index is -0.276. The number of rotatable bonds is 4. The fourth-order valence-corrected chi connectivity index (χ4v) is 2.28. The molecule has 5 nitrogen and oxygen atoms in total. The normalized spacial score (nSPS) is 12.1. The minimum Gasteiger partial charge on any atom is -0.497 e. The highest BCUT2D eigenvalue weighted by Crippen LogP contribution is 2.22. The zero-order valence-electron chi connectivity index (χ0n) is 12.5. The highest BCUT2D eigenvalue weighted by molar-refractivity contribution is 5.95. The van der Waals surface area contributed by atoms with Crippen LogP contribution in [0.2, 0.25) is 0 Å². The molecule has 3 aromatic rings. The number of carbonyl (C=O) groups is 1. The van der Waals surface area contributed by atoms with Crippen LogP contribution >= 0.6 is 0 Å². The van der Waals surface area contributed by atoms with Gasteiger partial charge in [0, 0.05) is 23.8 Å². The maximum atomic E-state index is 12.3. The van der Waals surface area contributed by atoms with Gasteiger partial charge >= 0.3 is 0 Å². The molecule has 0 spiro atoms. The van der Waals surface area contributed by atoms with E-state index in [0.717, 1.165) is 16.7 Å². The first-order valence-electron chi connectivity index (χ1n) is 7.04. The van der Waals surface area contributed by atoms with E-state index in [9.17, 15) is 4.79 Å². The number of anilines is 1. The molecule has 2 heterocycles. The Morgan fingerprint density at radius 1 is 1.27 bits per heavy atom. The van der Waals surface area contributed by atoms with Crippen molar-refractivity contribution < 1.29 is 9.53 Å². The molecule has 1 aromatic carbocycles. The van der Waals surface area contributed by atoms with Gasteiger partial charge in [0.25, 0.3) is 0 Å².